The lowest BCUT2D eigenvalue weighted by molar-refractivity contribution is 0.255. The van der Waals surface area contributed by atoms with Gasteiger partial charge in [-0.2, -0.15) is 0 Å². The van der Waals surface area contributed by atoms with Crippen LogP contribution in [0.2, 0.25) is 0 Å². The number of halogens is 2. The van der Waals surface area contributed by atoms with Gasteiger partial charge in [-0.3, -0.25) is 0 Å². The number of benzene rings is 2. The van der Waals surface area contributed by atoms with Crippen molar-refractivity contribution in [3.05, 3.63) is 69.2 Å². The molecule has 2 amide bonds. The number of carbonyl (C=O) groups is 1. The van der Waals surface area contributed by atoms with Gasteiger partial charge < -0.3 is 10.6 Å². The highest BCUT2D eigenvalue weighted by molar-refractivity contribution is 9.11. The first-order valence-corrected chi connectivity index (χ1v) is 7.48. The standard InChI is InChI=1S/C15H12Br2N2O/c16-12-6-2-1-5-11(12)9-10-18-15(20)19-14-8-4-3-7-13(14)17/h1-10H,(H2,18,19,20)/b10-9+. The first-order chi connectivity index (χ1) is 9.66. The predicted molar refractivity (Wildman–Crippen MR) is 89.5 cm³/mol. The van der Waals surface area contributed by atoms with Crippen LogP contribution in [-0.2, 0) is 0 Å². The normalized spacial score (nSPS) is 10.5. The molecule has 2 rings (SSSR count). The van der Waals surface area contributed by atoms with Crippen molar-refractivity contribution in [1.82, 2.24) is 5.32 Å². The molecule has 0 spiro atoms. The number of hydrogen-bond acceptors (Lipinski definition) is 1. The Morgan fingerprint density at radius 3 is 2.30 bits per heavy atom. The van der Waals surface area contributed by atoms with Gasteiger partial charge in [-0.05, 0) is 45.8 Å². The summed E-state index contributed by atoms with van der Waals surface area (Å²) in [4.78, 5) is 11.7. The molecule has 2 aromatic carbocycles. The zero-order valence-corrected chi connectivity index (χ0v) is 13.6. The van der Waals surface area contributed by atoms with Crippen LogP contribution in [0.25, 0.3) is 6.08 Å². The molecule has 0 atom stereocenters. The average molecular weight is 396 g/mol. The van der Waals surface area contributed by atoms with E-state index in [1.807, 2.05) is 54.6 Å². The lowest BCUT2D eigenvalue weighted by Gasteiger charge is -2.06. The van der Waals surface area contributed by atoms with Crippen LogP contribution in [0.15, 0.2) is 63.7 Å². The van der Waals surface area contributed by atoms with Gasteiger partial charge in [0.2, 0.25) is 0 Å². The smallest absolute Gasteiger partial charge is 0.314 e. The maximum absolute atomic E-state index is 11.7. The minimum Gasteiger partial charge on any atom is -0.314 e. The summed E-state index contributed by atoms with van der Waals surface area (Å²) >= 11 is 6.81. The molecule has 0 aliphatic heterocycles. The fourth-order valence-corrected chi connectivity index (χ4v) is 2.34. The Hall–Kier alpha value is -1.59. The van der Waals surface area contributed by atoms with Crippen LogP contribution in [0, 0.1) is 0 Å². The highest BCUT2D eigenvalue weighted by Gasteiger charge is 2.02. The zero-order chi connectivity index (χ0) is 14.4. The summed E-state index contributed by atoms with van der Waals surface area (Å²) in [5.41, 5.74) is 1.72. The SMILES string of the molecule is O=C(N/C=C/c1ccccc1Br)Nc1ccccc1Br. The largest absolute Gasteiger partial charge is 0.323 e. The van der Waals surface area contributed by atoms with E-state index in [9.17, 15) is 4.79 Å². The number of rotatable bonds is 3. The van der Waals surface area contributed by atoms with Crippen molar-refractivity contribution in [3.8, 4) is 0 Å². The Balaban J connectivity index is 1.93. The summed E-state index contributed by atoms with van der Waals surface area (Å²) < 4.78 is 1.81. The third kappa shape index (κ3) is 4.21. The first-order valence-electron chi connectivity index (χ1n) is 5.90. The van der Waals surface area contributed by atoms with Crippen molar-refractivity contribution in [2.45, 2.75) is 0 Å². The predicted octanol–water partition coefficient (Wildman–Crippen LogP) is 5.00. The Bertz CT molecular complexity index is 641. The minimum atomic E-state index is -0.291. The number of carbonyl (C=O) groups excluding carboxylic acids is 1. The Labute approximate surface area is 134 Å². The average Bonchev–Trinajstić information content (AvgIpc) is 2.43. The van der Waals surface area contributed by atoms with E-state index < -0.39 is 0 Å². The third-order valence-corrected chi connectivity index (χ3v) is 3.92. The minimum absolute atomic E-state index is 0.291. The molecule has 0 aliphatic rings. The molecule has 0 aromatic heterocycles. The van der Waals surface area contributed by atoms with E-state index in [2.05, 4.69) is 42.5 Å². The Kier molecular flexibility index (Phi) is 5.38. The quantitative estimate of drug-likeness (QED) is 0.753. The summed E-state index contributed by atoms with van der Waals surface area (Å²) in [7, 11) is 0. The van der Waals surface area contributed by atoms with Gasteiger partial charge in [0.05, 0.1) is 5.69 Å². The summed E-state index contributed by atoms with van der Waals surface area (Å²) in [6.07, 6.45) is 3.43. The maximum Gasteiger partial charge on any atom is 0.323 e. The van der Waals surface area contributed by atoms with Crippen molar-refractivity contribution in [1.29, 1.82) is 0 Å². The molecule has 0 unspecified atom stereocenters. The summed E-state index contributed by atoms with van der Waals surface area (Å²) in [5.74, 6) is 0. The summed E-state index contributed by atoms with van der Waals surface area (Å²) in [6, 6.07) is 14.9. The van der Waals surface area contributed by atoms with Gasteiger partial charge in [0, 0.05) is 15.1 Å². The van der Waals surface area contributed by atoms with Crippen LogP contribution in [0.1, 0.15) is 5.56 Å². The van der Waals surface area contributed by atoms with E-state index in [1.165, 1.54) is 0 Å². The fourth-order valence-electron chi connectivity index (χ4n) is 1.54. The second-order valence-corrected chi connectivity index (χ2v) is 5.64. The topological polar surface area (TPSA) is 41.1 Å². The van der Waals surface area contributed by atoms with Crippen molar-refractivity contribution >= 4 is 49.7 Å². The molecule has 0 fully saturated rings. The zero-order valence-electron chi connectivity index (χ0n) is 10.4. The molecular weight excluding hydrogens is 384 g/mol. The molecule has 0 radical (unpaired) electrons. The van der Waals surface area contributed by atoms with Gasteiger partial charge >= 0.3 is 6.03 Å². The van der Waals surface area contributed by atoms with Crippen molar-refractivity contribution in [2.75, 3.05) is 5.32 Å². The molecule has 2 aromatic rings. The second-order valence-electron chi connectivity index (χ2n) is 3.93. The van der Waals surface area contributed by atoms with Crippen LogP contribution < -0.4 is 10.6 Å². The van der Waals surface area contributed by atoms with E-state index in [4.69, 9.17) is 0 Å². The van der Waals surface area contributed by atoms with E-state index >= 15 is 0 Å². The van der Waals surface area contributed by atoms with Crippen LogP contribution in [0.4, 0.5) is 10.5 Å². The van der Waals surface area contributed by atoms with Crippen molar-refractivity contribution in [3.63, 3.8) is 0 Å². The molecule has 2 N–H and O–H groups in total. The number of anilines is 1. The molecule has 0 saturated heterocycles. The number of amides is 2. The van der Waals surface area contributed by atoms with E-state index in [-0.39, 0.29) is 6.03 Å². The molecule has 0 heterocycles. The molecule has 5 heteroatoms. The number of urea groups is 1. The van der Waals surface area contributed by atoms with Crippen LogP contribution in [0.3, 0.4) is 0 Å². The molecule has 0 saturated carbocycles. The second kappa shape index (κ2) is 7.26. The van der Waals surface area contributed by atoms with Crippen LogP contribution in [0.5, 0.6) is 0 Å². The number of nitrogens with one attached hydrogen (secondary N) is 2. The van der Waals surface area contributed by atoms with Gasteiger partial charge in [-0.25, -0.2) is 4.79 Å². The first kappa shape index (κ1) is 14.8. The third-order valence-electron chi connectivity index (χ3n) is 2.50. The van der Waals surface area contributed by atoms with Gasteiger partial charge in [0.1, 0.15) is 0 Å². The lowest BCUT2D eigenvalue weighted by atomic mass is 10.2. The molecule has 20 heavy (non-hydrogen) atoms. The highest BCUT2D eigenvalue weighted by atomic mass is 79.9. The number of hydrogen-bond donors (Lipinski definition) is 2. The summed E-state index contributed by atoms with van der Waals surface area (Å²) in [5, 5.41) is 5.41. The number of para-hydroxylation sites is 1. The van der Waals surface area contributed by atoms with E-state index in [0.717, 1.165) is 20.2 Å². The fraction of sp³-hybridized carbons (Fsp3) is 0. The van der Waals surface area contributed by atoms with Gasteiger partial charge in [0.25, 0.3) is 0 Å². The van der Waals surface area contributed by atoms with Crippen LogP contribution in [-0.4, -0.2) is 6.03 Å². The molecule has 3 nitrogen and oxygen atoms in total. The van der Waals surface area contributed by atoms with Crippen molar-refractivity contribution in [2.24, 2.45) is 0 Å². The van der Waals surface area contributed by atoms with Crippen molar-refractivity contribution < 1.29 is 4.79 Å². The van der Waals surface area contributed by atoms with Gasteiger partial charge in [0.15, 0.2) is 0 Å². The molecular formula is C15H12Br2N2O. The molecule has 102 valence electrons. The molecule has 0 aliphatic carbocycles. The molecule has 0 bridgehead atoms. The van der Waals surface area contributed by atoms with Gasteiger partial charge in [-0.1, -0.05) is 46.3 Å². The monoisotopic (exact) mass is 394 g/mol. The van der Waals surface area contributed by atoms with E-state index in [1.54, 1.807) is 6.20 Å². The highest BCUT2D eigenvalue weighted by Crippen LogP contribution is 2.21. The maximum atomic E-state index is 11.7. The lowest BCUT2D eigenvalue weighted by Crippen LogP contribution is -2.23. The van der Waals surface area contributed by atoms with Crippen LogP contribution >= 0.6 is 31.9 Å². The van der Waals surface area contributed by atoms with E-state index in [0.29, 0.717) is 0 Å². The Morgan fingerprint density at radius 1 is 0.950 bits per heavy atom. The Morgan fingerprint density at radius 2 is 1.60 bits per heavy atom. The summed E-state index contributed by atoms with van der Waals surface area (Å²) in [6.45, 7) is 0. The van der Waals surface area contributed by atoms with Gasteiger partial charge in [-0.15, -0.1) is 0 Å².